The normalized spacial score (nSPS) is 12.4. The van der Waals surface area contributed by atoms with Crippen LogP contribution in [-0.4, -0.2) is 17.7 Å². The van der Waals surface area contributed by atoms with E-state index in [9.17, 15) is 4.79 Å². The molecule has 134 valence electrons. The minimum atomic E-state index is -0.0991. The van der Waals surface area contributed by atoms with Crippen LogP contribution in [0, 0.1) is 0 Å². The van der Waals surface area contributed by atoms with Crippen molar-refractivity contribution in [2.75, 3.05) is 12.1 Å². The van der Waals surface area contributed by atoms with Crippen molar-refractivity contribution in [1.82, 2.24) is 4.98 Å². The first-order chi connectivity index (χ1) is 12.6. The third-order valence-corrected chi connectivity index (χ3v) is 6.01. The smallest absolute Gasteiger partial charge is 0.231 e. The van der Waals surface area contributed by atoms with Crippen LogP contribution in [0.3, 0.4) is 0 Å². The second-order valence-corrected chi connectivity index (χ2v) is 8.66. The van der Waals surface area contributed by atoms with E-state index in [4.69, 9.17) is 32.7 Å². The standard InChI is InChI=1S/C17H12Cl2N2O3S2/c18-14-6-10(16(19)26-14)11-7-25-17(20-11)21-15(22)4-2-9-1-3-12-13(5-9)24-8-23-12/h1,3,5-7H,2,4,8H2,(H,20,21,22). The molecule has 5 nitrogen and oxygen atoms in total. The maximum atomic E-state index is 12.2. The molecule has 0 saturated heterocycles. The fourth-order valence-electron chi connectivity index (χ4n) is 2.51. The SMILES string of the molecule is O=C(CCc1ccc2c(c1)OCO2)Nc1nc(-c2cc(Cl)sc2Cl)cs1. The Balaban J connectivity index is 1.36. The van der Waals surface area contributed by atoms with Gasteiger partial charge in [-0.3, -0.25) is 4.79 Å². The highest BCUT2D eigenvalue weighted by Crippen LogP contribution is 2.39. The Morgan fingerprint density at radius 3 is 2.88 bits per heavy atom. The van der Waals surface area contributed by atoms with Crippen LogP contribution < -0.4 is 14.8 Å². The van der Waals surface area contributed by atoms with Gasteiger partial charge in [-0.05, 0) is 30.2 Å². The van der Waals surface area contributed by atoms with Gasteiger partial charge in [0.1, 0.15) is 4.34 Å². The molecule has 1 aliphatic heterocycles. The van der Waals surface area contributed by atoms with Crippen LogP contribution in [0.25, 0.3) is 11.3 Å². The lowest BCUT2D eigenvalue weighted by Crippen LogP contribution is -2.12. The van der Waals surface area contributed by atoms with Crippen molar-refractivity contribution in [2.45, 2.75) is 12.8 Å². The van der Waals surface area contributed by atoms with Gasteiger partial charge in [-0.15, -0.1) is 22.7 Å². The Labute approximate surface area is 167 Å². The van der Waals surface area contributed by atoms with Gasteiger partial charge in [0, 0.05) is 17.4 Å². The average molecular weight is 427 g/mol. The molecule has 4 rings (SSSR count). The molecule has 1 N–H and O–H groups in total. The monoisotopic (exact) mass is 426 g/mol. The van der Waals surface area contributed by atoms with Crippen molar-refractivity contribution in [3.05, 3.63) is 43.9 Å². The Morgan fingerprint density at radius 1 is 1.23 bits per heavy atom. The van der Waals surface area contributed by atoms with Gasteiger partial charge in [-0.1, -0.05) is 29.3 Å². The summed E-state index contributed by atoms with van der Waals surface area (Å²) in [6.45, 7) is 0.241. The van der Waals surface area contributed by atoms with Crippen molar-refractivity contribution in [2.24, 2.45) is 0 Å². The van der Waals surface area contributed by atoms with Gasteiger partial charge in [-0.25, -0.2) is 4.98 Å². The molecule has 0 aliphatic carbocycles. The van der Waals surface area contributed by atoms with Crippen LogP contribution in [0.4, 0.5) is 5.13 Å². The summed E-state index contributed by atoms with van der Waals surface area (Å²) in [5, 5.41) is 5.20. The molecule has 1 aromatic carbocycles. The van der Waals surface area contributed by atoms with Gasteiger partial charge < -0.3 is 14.8 Å². The van der Waals surface area contributed by atoms with Crippen LogP contribution in [0.1, 0.15) is 12.0 Å². The van der Waals surface area contributed by atoms with Gasteiger partial charge in [0.05, 0.1) is 10.0 Å². The Kier molecular flexibility index (Phi) is 5.04. The van der Waals surface area contributed by atoms with E-state index in [0.717, 1.165) is 22.6 Å². The number of carbonyl (C=O) groups excluding carboxylic acids is 1. The number of benzene rings is 1. The molecular weight excluding hydrogens is 415 g/mol. The molecule has 3 heterocycles. The highest BCUT2D eigenvalue weighted by Gasteiger charge is 2.15. The molecule has 3 aromatic rings. The predicted octanol–water partition coefficient (Wildman–Crippen LogP) is 5.48. The van der Waals surface area contributed by atoms with Crippen molar-refractivity contribution in [3.8, 4) is 22.8 Å². The number of aryl methyl sites for hydroxylation is 1. The van der Waals surface area contributed by atoms with E-state index >= 15 is 0 Å². The van der Waals surface area contributed by atoms with Crippen molar-refractivity contribution in [3.63, 3.8) is 0 Å². The number of nitrogens with zero attached hydrogens (tertiary/aromatic N) is 1. The first kappa shape index (κ1) is 17.6. The average Bonchev–Trinajstić information content (AvgIpc) is 3.32. The molecular formula is C17H12Cl2N2O3S2. The summed E-state index contributed by atoms with van der Waals surface area (Å²) >= 11 is 14.8. The molecule has 1 amide bonds. The number of thiophene rings is 1. The first-order valence-corrected chi connectivity index (χ1v) is 10.1. The number of amides is 1. The Bertz CT molecular complexity index is 971. The lowest BCUT2D eigenvalue weighted by molar-refractivity contribution is -0.116. The van der Waals surface area contributed by atoms with E-state index in [1.54, 1.807) is 6.07 Å². The molecule has 0 atom stereocenters. The molecule has 0 fully saturated rings. The van der Waals surface area contributed by atoms with E-state index in [1.165, 1.54) is 22.7 Å². The molecule has 9 heteroatoms. The van der Waals surface area contributed by atoms with Gasteiger partial charge in [-0.2, -0.15) is 0 Å². The maximum absolute atomic E-state index is 12.2. The van der Waals surface area contributed by atoms with E-state index < -0.39 is 0 Å². The molecule has 0 radical (unpaired) electrons. The Hall–Kier alpha value is -1.80. The minimum absolute atomic E-state index is 0.0991. The molecule has 0 unspecified atom stereocenters. The molecule has 0 bridgehead atoms. The number of thiazole rings is 1. The lowest BCUT2D eigenvalue weighted by atomic mass is 10.1. The second-order valence-electron chi connectivity index (χ2n) is 5.51. The summed E-state index contributed by atoms with van der Waals surface area (Å²) in [6.07, 6.45) is 0.951. The van der Waals surface area contributed by atoms with Crippen LogP contribution in [0.2, 0.25) is 8.67 Å². The third-order valence-electron chi connectivity index (χ3n) is 3.76. The second kappa shape index (κ2) is 7.44. The predicted molar refractivity (Wildman–Crippen MR) is 105 cm³/mol. The quantitative estimate of drug-likeness (QED) is 0.586. The summed E-state index contributed by atoms with van der Waals surface area (Å²) in [5.41, 5.74) is 2.50. The zero-order valence-electron chi connectivity index (χ0n) is 13.3. The molecule has 0 saturated carbocycles. The van der Waals surface area contributed by atoms with Gasteiger partial charge in [0.15, 0.2) is 16.6 Å². The maximum Gasteiger partial charge on any atom is 0.231 e. The van der Waals surface area contributed by atoms with Crippen LogP contribution >= 0.6 is 45.9 Å². The van der Waals surface area contributed by atoms with E-state index in [0.29, 0.717) is 32.3 Å². The molecule has 1 aliphatic rings. The molecule has 26 heavy (non-hydrogen) atoms. The summed E-state index contributed by atoms with van der Waals surface area (Å²) in [6, 6.07) is 7.47. The number of hydrogen-bond donors (Lipinski definition) is 1. The fraction of sp³-hybridized carbons (Fsp3) is 0.176. The number of ether oxygens (including phenoxy) is 2. The van der Waals surface area contributed by atoms with Gasteiger partial charge >= 0.3 is 0 Å². The highest BCUT2D eigenvalue weighted by molar-refractivity contribution is 7.20. The third kappa shape index (κ3) is 3.81. The number of rotatable bonds is 5. The van der Waals surface area contributed by atoms with E-state index in [1.807, 2.05) is 23.6 Å². The summed E-state index contributed by atoms with van der Waals surface area (Å²) in [4.78, 5) is 16.6. The fourth-order valence-corrected chi connectivity index (χ4v) is 4.71. The van der Waals surface area contributed by atoms with Gasteiger partial charge in [0.25, 0.3) is 0 Å². The van der Waals surface area contributed by atoms with Crippen molar-refractivity contribution >= 4 is 56.9 Å². The molecule has 0 spiro atoms. The highest BCUT2D eigenvalue weighted by atomic mass is 35.5. The number of anilines is 1. The number of aromatic nitrogens is 1. The summed E-state index contributed by atoms with van der Waals surface area (Å²) < 4.78 is 11.8. The summed E-state index contributed by atoms with van der Waals surface area (Å²) in [7, 11) is 0. The van der Waals surface area contributed by atoms with E-state index in [2.05, 4.69) is 10.3 Å². The Morgan fingerprint density at radius 2 is 2.08 bits per heavy atom. The molecule has 2 aromatic heterocycles. The first-order valence-electron chi connectivity index (χ1n) is 7.67. The summed E-state index contributed by atoms with van der Waals surface area (Å²) in [5.74, 6) is 1.36. The minimum Gasteiger partial charge on any atom is -0.454 e. The van der Waals surface area contributed by atoms with Crippen LogP contribution in [0.5, 0.6) is 11.5 Å². The van der Waals surface area contributed by atoms with Crippen LogP contribution in [0.15, 0.2) is 29.6 Å². The topological polar surface area (TPSA) is 60.5 Å². The van der Waals surface area contributed by atoms with E-state index in [-0.39, 0.29) is 12.7 Å². The largest absolute Gasteiger partial charge is 0.454 e. The number of halogens is 2. The zero-order valence-corrected chi connectivity index (χ0v) is 16.4. The van der Waals surface area contributed by atoms with Crippen molar-refractivity contribution < 1.29 is 14.3 Å². The van der Waals surface area contributed by atoms with Crippen LogP contribution in [-0.2, 0) is 11.2 Å². The lowest BCUT2D eigenvalue weighted by Gasteiger charge is -2.03. The number of nitrogens with one attached hydrogen (secondary N) is 1. The van der Waals surface area contributed by atoms with Crippen molar-refractivity contribution in [1.29, 1.82) is 0 Å². The number of fused-ring (bicyclic) bond motifs is 1. The number of hydrogen-bond acceptors (Lipinski definition) is 6. The number of carbonyl (C=O) groups is 1. The zero-order chi connectivity index (χ0) is 18.1. The van der Waals surface area contributed by atoms with Gasteiger partial charge in [0.2, 0.25) is 12.7 Å².